The maximum atomic E-state index is 10.6. The van der Waals surface area contributed by atoms with Crippen molar-refractivity contribution in [2.24, 2.45) is 0 Å². The second-order valence-electron chi connectivity index (χ2n) is 6.30. The Bertz CT molecular complexity index is 600. The number of hydrogen-bond acceptors (Lipinski definition) is 2. The summed E-state index contributed by atoms with van der Waals surface area (Å²) in [4.78, 5) is 0. The predicted octanol–water partition coefficient (Wildman–Crippen LogP) is 4.92. The molecule has 0 radical (unpaired) electrons. The summed E-state index contributed by atoms with van der Waals surface area (Å²) in [5, 5.41) is 16.3. The van der Waals surface area contributed by atoms with Crippen LogP contribution >= 0.6 is 0 Å². The number of fused-ring (bicyclic) bond motifs is 1. The van der Waals surface area contributed by atoms with E-state index in [-0.39, 0.29) is 6.04 Å². The zero-order valence-electron chi connectivity index (χ0n) is 12.8. The van der Waals surface area contributed by atoms with Crippen molar-refractivity contribution in [1.29, 1.82) is 0 Å². The Morgan fingerprint density at radius 2 is 1.71 bits per heavy atom. The zero-order chi connectivity index (χ0) is 14.7. The molecule has 1 unspecified atom stereocenters. The minimum atomic E-state index is 0.192. The third kappa shape index (κ3) is 3.21. The maximum absolute atomic E-state index is 10.6. The average molecular weight is 283 g/mol. The van der Waals surface area contributed by atoms with Crippen LogP contribution in [-0.4, -0.2) is 11.1 Å². The van der Waals surface area contributed by atoms with Gasteiger partial charge in [-0.2, -0.15) is 0 Å². The average Bonchev–Trinajstić information content (AvgIpc) is 2.76. The van der Waals surface area contributed by atoms with Crippen LogP contribution in [0.1, 0.15) is 57.1 Å². The highest BCUT2D eigenvalue weighted by atomic mass is 16.3. The fourth-order valence-electron chi connectivity index (χ4n) is 3.51. The van der Waals surface area contributed by atoms with Crippen molar-refractivity contribution in [2.75, 3.05) is 0 Å². The van der Waals surface area contributed by atoms with Gasteiger partial charge in [0.05, 0.1) is 0 Å². The Kier molecular flexibility index (Phi) is 4.45. The van der Waals surface area contributed by atoms with Crippen molar-refractivity contribution in [2.45, 2.75) is 57.5 Å². The summed E-state index contributed by atoms with van der Waals surface area (Å²) < 4.78 is 0. The summed E-state index contributed by atoms with van der Waals surface area (Å²) in [6.45, 7) is 2.16. The van der Waals surface area contributed by atoms with Gasteiger partial charge in [0.25, 0.3) is 0 Å². The lowest BCUT2D eigenvalue weighted by atomic mass is 9.99. The number of phenolic OH excluding ortho intramolecular Hbond substituents is 1. The number of rotatable bonds is 3. The van der Waals surface area contributed by atoms with E-state index in [4.69, 9.17) is 0 Å². The molecular formula is C19H25NO. The number of benzene rings is 2. The minimum Gasteiger partial charge on any atom is -0.507 e. The maximum Gasteiger partial charge on any atom is 0.128 e. The van der Waals surface area contributed by atoms with Crippen molar-refractivity contribution in [3.8, 4) is 5.75 Å². The smallest absolute Gasteiger partial charge is 0.128 e. The van der Waals surface area contributed by atoms with E-state index in [1.165, 1.54) is 38.5 Å². The van der Waals surface area contributed by atoms with Gasteiger partial charge in [0.2, 0.25) is 0 Å². The lowest BCUT2D eigenvalue weighted by molar-refractivity contribution is 0.400. The Morgan fingerprint density at radius 1 is 1.00 bits per heavy atom. The molecule has 0 heterocycles. The standard InChI is InChI=1S/C19H25NO/c1-14(20-16-9-4-2-3-5-10-16)17-13-12-15-8-6-7-11-18(15)19(17)21/h6-8,11-14,16,20-21H,2-5,9-10H2,1H3. The van der Waals surface area contributed by atoms with Crippen molar-refractivity contribution in [1.82, 2.24) is 5.32 Å². The molecule has 21 heavy (non-hydrogen) atoms. The molecule has 2 N–H and O–H groups in total. The summed E-state index contributed by atoms with van der Waals surface area (Å²) in [6, 6.07) is 13.0. The van der Waals surface area contributed by atoms with Crippen LogP contribution < -0.4 is 5.32 Å². The molecule has 2 aromatic rings. The van der Waals surface area contributed by atoms with E-state index in [0.29, 0.717) is 11.8 Å². The number of phenols is 1. The van der Waals surface area contributed by atoms with E-state index in [1.807, 2.05) is 24.3 Å². The van der Waals surface area contributed by atoms with Gasteiger partial charge >= 0.3 is 0 Å². The molecule has 1 fully saturated rings. The monoisotopic (exact) mass is 283 g/mol. The summed E-state index contributed by atoms with van der Waals surface area (Å²) in [6.07, 6.45) is 7.92. The van der Waals surface area contributed by atoms with Crippen LogP contribution in [0, 0.1) is 0 Å². The topological polar surface area (TPSA) is 32.3 Å². The Hall–Kier alpha value is -1.54. The molecule has 0 aromatic heterocycles. The van der Waals surface area contributed by atoms with Crippen molar-refractivity contribution in [3.05, 3.63) is 42.0 Å². The van der Waals surface area contributed by atoms with E-state index in [9.17, 15) is 5.11 Å². The highest BCUT2D eigenvalue weighted by Crippen LogP contribution is 2.33. The molecule has 1 aliphatic rings. The van der Waals surface area contributed by atoms with Gasteiger partial charge in [0.15, 0.2) is 0 Å². The van der Waals surface area contributed by atoms with Gasteiger partial charge in [-0.15, -0.1) is 0 Å². The first kappa shape index (κ1) is 14.4. The van der Waals surface area contributed by atoms with Crippen LogP contribution in [0.3, 0.4) is 0 Å². The highest BCUT2D eigenvalue weighted by Gasteiger charge is 2.18. The van der Waals surface area contributed by atoms with Crippen LogP contribution in [0.25, 0.3) is 10.8 Å². The molecule has 2 aromatic carbocycles. The van der Waals surface area contributed by atoms with Gasteiger partial charge in [-0.25, -0.2) is 0 Å². The molecule has 2 heteroatoms. The quantitative estimate of drug-likeness (QED) is 0.784. The minimum absolute atomic E-state index is 0.192. The third-order valence-electron chi connectivity index (χ3n) is 4.74. The lowest BCUT2D eigenvalue weighted by Crippen LogP contribution is -2.31. The molecule has 2 nitrogen and oxygen atoms in total. The number of aromatic hydroxyl groups is 1. The summed E-state index contributed by atoms with van der Waals surface area (Å²) in [5.74, 6) is 0.432. The number of hydrogen-bond donors (Lipinski definition) is 2. The molecule has 1 saturated carbocycles. The molecule has 0 saturated heterocycles. The second kappa shape index (κ2) is 6.48. The molecule has 0 spiro atoms. The Morgan fingerprint density at radius 3 is 2.48 bits per heavy atom. The van der Waals surface area contributed by atoms with E-state index >= 15 is 0 Å². The molecule has 1 atom stereocenters. The second-order valence-corrected chi connectivity index (χ2v) is 6.30. The number of nitrogens with one attached hydrogen (secondary N) is 1. The van der Waals surface area contributed by atoms with E-state index in [2.05, 4.69) is 24.4 Å². The van der Waals surface area contributed by atoms with Gasteiger partial charge in [0.1, 0.15) is 5.75 Å². The van der Waals surface area contributed by atoms with Gasteiger partial charge in [-0.3, -0.25) is 0 Å². The van der Waals surface area contributed by atoms with Crippen LogP contribution in [0.2, 0.25) is 0 Å². The lowest BCUT2D eigenvalue weighted by Gasteiger charge is -2.23. The summed E-state index contributed by atoms with van der Waals surface area (Å²) in [5.41, 5.74) is 1.01. The van der Waals surface area contributed by atoms with Crippen molar-refractivity contribution in [3.63, 3.8) is 0 Å². The first-order valence-electron chi connectivity index (χ1n) is 8.22. The van der Waals surface area contributed by atoms with Gasteiger partial charge in [-0.1, -0.05) is 62.1 Å². The molecule has 0 bridgehead atoms. The van der Waals surface area contributed by atoms with Gasteiger partial charge in [0, 0.05) is 23.0 Å². The summed E-state index contributed by atoms with van der Waals surface area (Å²) >= 11 is 0. The van der Waals surface area contributed by atoms with Crippen LogP contribution in [0.15, 0.2) is 36.4 Å². The normalized spacial score (nSPS) is 18.5. The molecule has 112 valence electrons. The zero-order valence-corrected chi connectivity index (χ0v) is 12.8. The van der Waals surface area contributed by atoms with Crippen molar-refractivity contribution >= 4 is 10.8 Å². The van der Waals surface area contributed by atoms with Crippen LogP contribution in [0.5, 0.6) is 5.75 Å². The Balaban J connectivity index is 1.80. The largest absolute Gasteiger partial charge is 0.507 e. The molecule has 0 aliphatic heterocycles. The van der Waals surface area contributed by atoms with E-state index in [0.717, 1.165) is 16.3 Å². The SMILES string of the molecule is CC(NC1CCCCCC1)c1ccc2ccccc2c1O. The predicted molar refractivity (Wildman–Crippen MR) is 88.7 cm³/mol. The van der Waals surface area contributed by atoms with E-state index < -0.39 is 0 Å². The summed E-state index contributed by atoms with van der Waals surface area (Å²) in [7, 11) is 0. The molecule has 0 amide bonds. The van der Waals surface area contributed by atoms with E-state index in [1.54, 1.807) is 0 Å². The van der Waals surface area contributed by atoms with Crippen LogP contribution in [0.4, 0.5) is 0 Å². The Labute approximate surface area is 127 Å². The fraction of sp³-hybridized carbons (Fsp3) is 0.474. The van der Waals surface area contributed by atoms with Gasteiger partial charge in [-0.05, 0) is 25.2 Å². The first-order chi connectivity index (χ1) is 10.3. The highest BCUT2D eigenvalue weighted by molar-refractivity contribution is 5.89. The molecule has 3 rings (SSSR count). The fourth-order valence-corrected chi connectivity index (χ4v) is 3.51. The molecular weight excluding hydrogens is 258 g/mol. The third-order valence-corrected chi connectivity index (χ3v) is 4.74. The first-order valence-corrected chi connectivity index (χ1v) is 8.22. The van der Waals surface area contributed by atoms with Gasteiger partial charge < -0.3 is 10.4 Å². The van der Waals surface area contributed by atoms with Crippen LogP contribution in [-0.2, 0) is 0 Å². The van der Waals surface area contributed by atoms with Crippen molar-refractivity contribution < 1.29 is 5.11 Å². The molecule has 1 aliphatic carbocycles.